The lowest BCUT2D eigenvalue weighted by Crippen LogP contribution is -2.28. The predicted octanol–water partition coefficient (Wildman–Crippen LogP) is 0.135. The summed E-state index contributed by atoms with van der Waals surface area (Å²) >= 11 is 1.39. The highest BCUT2D eigenvalue weighted by Gasteiger charge is 2.38. The molecule has 5 heteroatoms. The summed E-state index contributed by atoms with van der Waals surface area (Å²) in [6.07, 6.45) is 0. The van der Waals surface area contributed by atoms with E-state index in [-0.39, 0.29) is 0 Å². The summed E-state index contributed by atoms with van der Waals surface area (Å²) in [6, 6.07) is 0. The normalized spacial score (nSPS) is 30.2. The van der Waals surface area contributed by atoms with Crippen LogP contribution in [0.1, 0.15) is 0 Å². The van der Waals surface area contributed by atoms with Gasteiger partial charge in [0.2, 0.25) is 0 Å². The summed E-state index contributed by atoms with van der Waals surface area (Å²) in [7, 11) is 0. The van der Waals surface area contributed by atoms with Gasteiger partial charge < -0.3 is 10.2 Å². The molecule has 1 aliphatic heterocycles. The predicted molar refractivity (Wildman–Crippen MR) is 39.6 cm³/mol. The van der Waals surface area contributed by atoms with Crippen LogP contribution in [0, 0.1) is 11.8 Å². The minimum atomic E-state index is -0.998. The maximum atomic E-state index is 10.4. The van der Waals surface area contributed by atoms with E-state index >= 15 is 0 Å². The highest BCUT2D eigenvalue weighted by Crippen LogP contribution is 2.29. The van der Waals surface area contributed by atoms with Crippen LogP contribution in [-0.4, -0.2) is 33.7 Å². The second-order valence-electron chi connectivity index (χ2n) is 2.43. The average molecular weight is 176 g/mol. The molecule has 0 aromatic carbocycles. The van der Waals surface area contributed by atoms with E-state index in [1.165, 1.54) is 11.8 Å². The van der Waals surface area contributed by atoms with Crippen molar-refractivity contribution in [3.8, 4) is 0 Å². The monoisotopic (exact) mass is 176 g/mol. The summed E-state index contributed by atoms with van der Waals surface area (Å²) < 4.78 is 0. The second-order valence-corrected chi connectivity index (χ2v) is 3.50. The van der Waals surface area contributed by atoms with Gasteiger partial charge in [-0.05, 0) is 0 Å². The van der Waals surface area contributed by atoms with Gasteiger partial charge in [-0.1, -0.05) is 0 Å². The molecule has 1 saturated heterocycles. The van der Waals surface area contributed by atoms with Crippen molar-refractivity contribution in [1.29, 1.82) is 0 Å². The van der Waals surface area contributed by atoms with Gasteiger partial charge in [0.25, 0.3) is 0 Å². The van der Waals surface area contributed by atoms with Crippen LogP contribution in [0.2, 0.25) is 0 Å². The number of rotatable bonds is 2. The molecule has 0 unspecified atom stereocenters. The molecule has 11 heavy (non-hydrogen) atoms. The van der Waals surface area contributed by atoms with Crippen molar-refractivity contribution >= 4 is 23.7 Å². The summed E-state index contributed by atoms with van der Waals surface area (Å²) in [6.45, 7) is 0. The molecular formula is C6H8O4S. The van der Waals surface area contributed by atoms with E-state index in [1.807, 2.05) is 0 Å². The molecule has 0 radical (unpaired) electrons. The topological polar surface area (TPSA) is 74.6 Å². The average Bonchev–Trinajstić information content (AvgIpc) is 2.32. The molecule has 2 atom stereocenters. The highest BCUT2D eigenvalue weighted by molar-refractivity contribution is 7.99. The molecule has 1 aliphatic rings. The molecule has 0 bridgehead atoms. The SMILES string of the molecule is O=C(O)[C@@H]1CSC[C@H]1C(=O)O. The molecule has 0 aromatic rings. The summed E-state index contributed by atoms with van der Waals surface area (Å²) in [5.41, 5.74) is 0. The Morgan fingerprint density at radius 3 is 1.73 bits per heavy atom. The molecule has 0 amide bonds. The van der Waals surface area contributed by atoms with E-state index < -0.39 is 23.8 Å². The Morgan fingerprint density at radius 2 is 1.45 bits per heavy atom. The van der Waals surface area contributed by atoms with Crippen LogP contribution in [0.5, 0.6) is 0 Å². The van der Waals surface area contributed by atoms with Crippen LogP contribution in [0.4, 0.5) is 0 Å². The van der Waals surface area contributed by atoms with Gasteiger partial charge in [0, 0.05) is 11.5 Å². The van der Waals surface area contributed by atoms with Crippen LogP contribution in [0.15, 0.2) is 0 Å². The van der Waals surface area contributed by atoms with Crippen molar-refractivity contribution in [3.05, 3.63) is 0 Å². The molecular weight excluding hydrogens is 168 g/mol. The highest BCUT2D eigenvalue weighted by atomic mass is 32.2. The van der Waals surface area contributed by atoms with E-state index in [2.05, 4.69) is 0 Å². The van der Waals surface area contributed by atoms with Crippen molar-refractivity contribution in [2.45, 2.75) is 0 Å². The third-order valence-corrected chi connectivity index (χ3v) is 2.90. The molecule has 0 spiro atoms. The molecule has 2 N–H and O–H groups in total. The van der Waals surface area contributed by atoms with Crippen molar-refractivity contribution in [2.75, 3.05) is 11.5 Å². The van der Waals surface area contributed by atoms with Gasteiger partial charge in [-0.15, -0.1) is 0 Å². The van der Waals surface area contributed by atoms with Crippen molar-refractivity contribution in [1.82, 2.24) is 0 Å². The summed E-state index contributed by atoms with van der Waals surface area (Å²) in [4.78, 5) is 20.9. The Kier molecular flexibility index (Phi) is 2.38. The minimum Gasteiger partial charge on any atom is -0.481 e. The number of hydrogen-bond acceptors (Lipinski definition) is 3. The lowest BCUT2D eigenvalue weighted by Gasteiger charge is -2.07. The first-order valence-electron chi connectivity index (χ1n) is 3.16. The standard InChI is InChI=1S/C6H8O4S/c7-5(8)3-1-11-2-4(3)6(9)10/h3-4H,1-2H2,(H,7,8)(H,9,10)/t3-,4-/m1/s1. The van der Waals surface area contributed by atoms with E-state index in [1.54, 1.807) is 0 Å². The van der Waals surface area contributed by atoms with Crippen molar-refractivity contribution < 1.29 is 19.8 Å². The molecule has 4 nitrogen and oxygen atoms in total. The first-order valence-corrected chi connectivity index (χ1v) is 4.31. The fourth-order valence-corrected chi connectivity index (χ4v) is 2.43. The van der Waals surface area contributed by atoms with Crippen LogP contribution < -0.4 is 0 Å². The fraction of sp³-hybridized carbons (Fsp3) is 0.667. The van der Waals surface area contributed by atoms with Gasteiger partial charge in [-0.2, -0.15) is 11.8 Å². The van der Waals surface area contributed by atoms with E-state index in [0.717, 1.165) is 0 Å². The van der Waals surface area contributed by atoms with Crippen LogP contribution in [-0.2, 0) is 9.59 Å². The molecule has 0 aromatic heterocycles. The van der Waals surface area contributed by atoms with Crippen LogP contribution in [0.3, 0.4) is 0 Å². The molecule has 0 saturated carbocycles. The summed E-state index contributed by atoms with van der Waals surface area (Å²) in [5, 5.41) is 17.1. The smallest absolute Gasteiger partial charge is 0.308 e. The molecule has 62 valence electrons. The fourth-order valence-electron chi connectivity index (χ4n) is 1.04. The van der Waals surface area contributed by atoms with Crippen molar-refractivity contribution in [3.63, 3.8) is 0 Å². The van der Waals surface area contributed by atoms with Gasteiger partial charge in [-0.25, -0.2) is 0 Å². The van der Waals surface area contributed by atoms with Crippen LogP contribution in [0.25, 0.3) is 0 Å². The largest absolute Gasteiger partial charge is 0.481 e. The maximum absolute atomic E-state index is 10.4. The zero-order valence-corrected chi connectivity index (χ0v) is 6.50. The summed E-state index contributed by atoms with van der Waals surface area (Å²) in [5.74, 6) is -2.54. The van der Waals surface area contributed by atoms with Gasteiger partial charge in [0.15, 0.2) is 0 Å². The van der Waals surface area contributed by atoms with Crippen molar-refractivity contribution in [2.24, 2.45) is 11.8 Å². The number of carboxylic acid groups (broad SMARTS) is 2. The second kappa shape index (κ2) is 3.13. The van der Waals surface area contributed by atoms with Gasteiger partial charge >= 0.3 is 11.9 Å². The first-order chi connectivity index (χ1) is 5.13. The first kappa shape index (κ1) is 8.39. The number of carbonyl (C=O) groups is 2. The third-order valence-electron chi connectivity index (χ3n) is 1.71. The number of hydrogen-bond donors (Lipinski definition) is 2. The number of aliphatic carboxylic acids is 2. The molecule has 1 fully saturated rings. The lowest BCUT2D eigenvalue weighted by molar-refractivity contribution is -0.151. The maximum Gasteiger partial charge on any atom is 0.308 e. The zero-order valence-electron chi connectivity index (χ0n) is 5.69. The van der Waals surface area contributed by atoms with E-state index in [4.69, 9.17) is 10.2 Å². The molecule has 1 rings (SSSR count). The lowest BCUT2D eigenvalue weighted by atomic mass is 9.97. The Balaban J connectivity index is 2.65. The van der Waals surface area contributed by atoms with E-state index in [0.29, 0.717) is 11.5 Å². The zero-order chi connectivity index (χ0) is 8.43. The van der Waals surface area contributed by atoms with E-state index in [9.17, 15) is 9.59 Å². The quantitative estimate of drug-likeness (QED) is 0.625. The van der Waals surface area contributed by atoms with Gasteiger partial charge in [0.05, 0.1) is 11.8 Å². The third kappa shape index (κ3) is 1.65. The molecule has 1 heterocycles. The number of thioether (sulfide) groups is 1. The Hall–Kier alpha value is -0.710. The number of carboxylic acids is 2. The van der Waals surface area contributed by atoms with Gasteiger partial charge in [-0.3, -0.25) is 9.59 Å². The Labute approximate surface area is 67.6 Å². The Morgan fingerprint density at radius 1 is 1.09 bits per heavy atom. The Bertz CT molecular complexity index is 171. The van der Waals surface area contributed by atoms with Gasteiger partial charge in [0.1, 0.15) is 0 Å². The molecule has 0 aliphatic carbocycles. The minimum absolute atomic E-state index is 0.423. The van der Waals surface area contributed by atoms with Crippen LogP contribution >= 0.6 is 11.8 Å².